The number of carbonyl (C=O) groups excluding carboxylic acids is 1. The molecule has 0 saturated carbocycles. The summed E-state index contributed by atoms with van der Waals surface area (Å²) in [6.07, 6.45) is 2.81. The SMILES string of the molecule is CNC(CC1CCCN1C(=N)N)C(C)=O. The predicted molar refractivity (Wildman–Crippen MR) is 59.8 cm³/mol. The lowest BCUT2D eigenvalue weighted by molar-refractivity contribution is -0.119. The molecule has 4 N–H and O–H groups in total. The number of Topliss-reactive ketones (excluding diaryl/α,β-unsaturated/α-hetero) is 1. The van der Waals surface area contributed by atoms with Crippen LogP contribution in [0.2, 0.25) is 0 Å². The predicted octanol–water partition coefficient (Wildman–Crippen LogP) is -0.0886. The third-order valence-corrected chi connectivity index (χ3v) is 3.03. The van der Waals surface area contributed by atoms with Gasteiger partial charge in [0.05, 0.1) is 6.04 Å². The standard InChI is InChI=1S/C10H20N4O/c1-7(15)9(13-2)6-8-4-3-5-14(8)10(11)12/h8-9,13H,3-6H2,1-2H3,(H3,11,12). The van der Waals surface area contributed by atoms with Crippen molar-refractivity contribution in [2.75, 3.05) is 13.6 Å². The zero-order chi connectivity index (χ0) is 11.4. The highest BCUT2D eigenvalue weighted by atomic mass is 16.1. The van der Waals surface area contributed by atoms with Gasteiger partial charge in [0.1, 0.15) is 5.78 Å². The maximum atomic E-state index is 11.3. The molecule has 2 atom stereocenters. The van der Waals surface area contributed by atoms with Crippen molar-refractivity contribution >= 4 is 11.7 Å². The number of nitrogens with one attached hydrogen (secondary N) is 2. The normalized spacial score (nSPS) is 22.8. The molecule has 0 radical (unpaired) electrons. The molecular weight excluding hydrogens is 192 g/mol. The Bertz CT molecular complexity index is 254. The Labute approximate surface area is 90.5 Å². The van der Waals surface area contributed by atoms with E-state index in [0.717, 1.165) is 25.8 Å². The number of ketones is 1. The number of guanidine groups is 1. The van der Waals surface area contributed by atoms with Crippen molar-refractivity contribution in [1.82, 2.24) is 10.2 Å². The zero-order valence-electron chi connectivity index (χ0n) is 9.42. The first-order chi connectivity index (χ1) is 7.06. The molecule has 2 unspecified atom stereocenters. The van der Waals surface area contributed by atoms with Crippen molar-refractivity contribution in [3.63, 3.8) is 0 Å². The lowest BCUT2D eigenvalue weighted by Gasteiger charge is -2.27. The molecule has 0 aromatic carbocycles. The summed E-state index contributed by atoms with van der Waals surface area (Å²) >= 11 is 0. The number of hydrogen-bond acceptors (Lipinski definition) is 3. The van der Waals surface area contributed by atoms with Crippen LogP contribution < -0.4 is 11.1 Å². The molecule has 1 heterocycles. The Kier molecular flexibility index (Phi) is 4.08. The second kappa shape index (κ2) is 5.11. The van der Waals surface area contributed by atoms with Crippen LogP contribution in [0.15, 0.2) is 0 Å². The number of nitrogens with zero attached hydrogens (tertiary/aromatic N) is 1. The Morgan fingerprint density at radius 3 is 2.87 bits per heavy atom. The summed E-state index contributed by atoms with van der Waals surface area (Å²) in [4.78, 5) is 13.2. The first-order valence-electron chi connectivity index (χ1n) is 5.34. The highest BCUT2D eigenvalue weighted by Crippen LogP contribution is 2.20. The molecule has 0 aromatic rings. The molecule has 5 nitrogen and oxygen atoms in total. The van der Waals surface area contributed by atoms with E-state index in [4.69, 9.17) is 11.1 Å². The van der Waals surface area contributed by atoms with Crippen molar-refractivity contribution in [2.24, 2.45) is 5.73 Å². The van der Waals surface area contributed by atoms with E-state index >= 15 is 0 Å². The maximum absolute atomic E-state index is 11.3. The molecule has 5 heteroatoms. The third-order valence-electron chi connectivity index (χ3n) is 3.03. The minimum atomic E-state index is -0.116. The van der Waals surface area contributed by atoms with Gasteiger partial charge in [-0.1, -0.05) is 0 Å². The Morgan fingerprint density at radius 1 is 1.73 bits per heavy atom. The fourth-order valence-corrected chi connectivity index (χ4v) is 2.16. The van der Waals surface area contributed by atoms with Gasteiger partial charge in [0.2, 0.25) is 0 Å². The fraction of sp³-hybridized carbons (Fsp3) is 0.800. The van der Waals surface area contributed by atoms with Crippen LogP contribution in [-0.2, 0) is 4.79 Å². The molecule has 1 saturated heterocycles. The minimum Gasteiger partial charge on any atom is -0.370 e. The summed E-state index contributed by atoms with van der Waals surface area (Å²) in [7, 11) is 1.79. The molecule has 1 aliphatic heterocycles. The monoisotopic (exact) mass is 212 g/mol. The highest BCUT2D eigenvalue weighted by molar-refractivity contribution is 5.81. The number of hydrogen-bond donors (Lipinski definition) is 3. The fourth-order valence-electron chi connectivity index (χ4n) is 2.16. The van der Waals surface area contributed by atoms with Gasteiger partial charge in [0, 0.05) is 12.6 Å². The number of nitrogens with two attached hydrogens (primary N) is 1. The van der Waals surface area contributed by atoms with Gasteiger partial charge in [0.25, 0.3) is 0 Å². The van der Waals surface area contributed by atoms with Gasteiger partial charge in [-0.15, -0.1) is 0 Å². The molecule has 0 bridgehead atoms. The average molecular weight is 212 g/mol. The van der Waals surface area contributed by atoms with Gasteiger partial charge >= 0.3 is 0 Å². The van der Waals surface area contributed by atoms with E-state index < -0.39 is 0 Å². The molecule has 15 heavy (non-hydrogen) atoms. The lowest BCUT2D eigenvalue weighted by Crippen LogP contribution is -2.44. The third kappa shape index (κ3) is 2.92. The average Bonchev–Trinajstić information content (AvgIpc) is 2.61. The van der Waals surface area contributed by atoms with Crippen LogP contribution >= 0.6 is 0 Å². The first-order valence-corrected chi connectivity index (χ1v) is 5.34. The van der Waals surface area contributed by atoms with Crippen molar-refractivity contribution in [3.05, 3.63) is 0 Å². The Morgan fingerprint density at radius 2 is 2.40 bits per heavy atom. The number of carbonyl (C=O) groups is 1. The van der Waals surface area contributed by atoms with Crippen LogP contribution in [0.4, 0.5) is 0 Å². The number of likely N-dealkylation sites (N-methyl/N-ethyl adjacent to an activating group) is 1. The van der Waals surface area contributed by atoms with Crippen LogP contribution in [0.5, 0.6) is 0 Å². The van der Waals surface area contributed by atoms with Gasteiger partial charge in [-0.25, -0.2) is 0 Å². The van der Waals surface area contributed by atoms with Crippen molar-refractivity contribution < 1.29 is 4.79 Å². The van der Waals surface area contributed by atoms with E-state index in [1.165, 1.54) is 0 Å². The molecule has 0 spiro atoms. The van der Waals surface area contributed by atoms with E-state index in [1.807, 2.05) is 4.90 Å². The van der Waals surface area contributed by atoms with Gasteiger partial charge in [-0.2, -0.15) is 0 Å². The van der Waals surface area contributed by atoms with Gasteiger partial charge in [-0.3, -0.25) is 10.2 Å². The smallest absolute Gasteiger partial charge is 0.188 e. The minimum absolute atomic E-state index is 0.116. The molecule has 1 rings (SSSR count). The second-order valence-corrected chi connectivity index (χ2v) is 4.06. The molecule has 1 fully saturated rings. The van der Waals surface area contributed by atoms with E-state index in [9.17, 15) is 4.79 Å². The summed E-state index contributed by atoms with van der Waals surface area (Å²) in [5.41, 5.74) is 5.49. The number of rotatable bonds is 4. The molecule has 0 aliphatic carbocycles. The quantitative estimate of drug-likeness (QED) is 0.449. The van der Waals surface area contributed by atoms with Crippen LogP contribution in [0, 0.1) is 5.41 Å². The van der Waals surface area contributed by atoms with E-state index in [1.54, 1.807) is 14.0 Å². The van der Waals surface area contributed by atoms with E-state index in [0.29, 0.717) is 0 Å². The molecule has 0 aromatic heterocycles. The highest BCUT2D eigenvalue weighted by Gasteiger charge is 2.28. The Balaban J connectivity index is 2.56. The summed E-state index contributed by atoms with van der Waals surface area (Å²) < 4.78 is 0. The van der Waals surface area contributed by atoms with Gasteiger partial charge in [0.15, 0.2) is 5.96 Å². The molecule has 0 amide bonds. The maximum Gasteiger partial charge on any atom is 0.188 e. The number of likely N-dealkylation sites (tertiary alicyclic amines) is 1. The van der Waals surface area contributed by atoms with Crippen LogP contribution in [0.3, 0.4) is 0 Å². The van der Waals surface area contributed by atoms with Gasteiger partial charge < -0.3 is 16.0 Å². The molecule has 86 valence electrons. The van der Waals surface area contributed by atoms with E-state index in [-0.39, 0.29) is 23.8 Å². The second-order valence-electron chi connectivity index (χ2n) is 4.06. The van der Waals surface area contributed by atoms with Crippen molar-refractivity contribution in [1.29, 1.82) is 5.41 Å². The Hall–Kier alpha value is -1.10. The van der Waals surface area contributed by atoms with Crippen molar-refractivity contribution in [2.45, 2.75) is 38.3 Å². The molecular formula is C10H20N4O. The summed E-state index contributed by atoms with van der Waals surface area (Å²) in [5.74, 6) is 0.267. The summed E-state index contributed by atoms with van der Waals surface area (Å²) in [6.45, 7) is 2.43. The van der Waals surface area contributed by atoms with Crippen LogP contribution in [-0.4, -0.2) is 42.3 Å². The van der Waals surface area contributed by atoms with Gasteiger partial charge in [-0.05, 0) is 33.2 Å². The van der Waals surface area contributed by atoms with Crippen LogP contribution in [0.25, 0.3) is 0 Å². The zero-order valence-corrected chi connectivity index (χ0v) is 9.42. The van der Waals surface area contributed by atoms with E-state index in [2.05, 4.69) is 5.32 Å². The first kappa shape index (κ1) is 12.0. The summed E-state index contributed by atoms with van der Waals surface area (Å²) in [5, 5.41) is 10.4. The van der Waals surface area contributed by atoms with Crippen molar-refractivity contribution in [3.8, 4) is 0 Å². The largest absolute Gasteiger partial charge is 0.370 e. The lowest BCUT2D eigenvalue weighted by atomic mass is 10.0. The topological polar surface area (TPSA) is 82.2 Å². The molecule has 1 aliphatic rings. The summed E-state index contributed by atoms with van der Waals surface area (Å²) in [6, 6.07) is 0.124. The van der Waals surface area contributed by atoms with Crippen LogP contribution in [0.1, 0.15) is 26.2 Å².